The maximum atomic E-state index is 13.2. The molecule has 0 aliphatic carbocycles. The number of unbranched alkanes of at least 4 members (excludes halogenated alkanes) is 61. The number of phosphoric ester groups is 2. The van der Waals surface area contributed by atoms with Crippen LogP contribution in [0.25, 0.3) is 0 Å². The van der Waals surface area contributed by atoms with Crippen molar-refractivity contribution >= 4 is 39.5 Å². The molecule has 0 amide bonds. The van der Waals surface area contributed by atoms with E-state index in [1.165, 1.54) is 315 Å². The molecule has 0 radical (unpaired) electrons. The summed E-state index contributed by atoms with van der Waals surface area (Å²) in [7, 11) is -9.94. The smallest absolute Gasteiger partial charge is 0.462 e. The van der Waals surface area contributed by atoms with E-state index in [0.717, 1.165) is 102 Å². The summed E-state index contributed by atoms with van der Waals surface area (Å²) >= 11 is 0. The van der Waals surface area contributed by atoms with Gasteiger partial charge in [-0.3, -0.25) is 37.3 Å². The molecule has 17 nitrogen and oxygen atoms in total. The van der Waals surface area contributed by atoms with Gasteiger partial charge in [-0.2, -0.15) is 0 Å². The van der Waals surface area contributed by atoms with Gasteiger partial charge in [0.25, 0.3) is 0 Å². The average Bonchev–Trinajstić information content (AvgIpc) is 0.898. The molecular formula is C92H180O17P2. The van der Waals surface area contributed by atoms with Crippen molar-refractivity contribution in [3.8, 4) is 0 Å². The second kappa shape index (κ2) is 83.1. The number of esters is 4. The summed E-state index contributed by atoms with van der Waals surface area (Å²) in [5.41, 5.74) is 0. The van der Waals surface area contributed by atoms with Crippen LogP contribution in [0.2, 0.25) is 0 Å². The molecular weight excluding hydrogens is 1440 g/mol. The van der Waals surface area contributed by atoms with Crippen LogP contribution in [0.5, 0.6) is 0 Å². The summed E-state index contributed by atoms with van der Waals surface area (Å²) in [5, 5.41) is 10.7. The first-order valence-electron chi connectivity index (χ1n) is 47.5. The van der Waals surface area contributed by atoms with Gasteiger partial charge in [-0.25, -0.2) is 9.13 Å². The summed E-state index contributed by atoms with van der Waals surface area (Å²) in [6, 6.07) is 0. The van der Waals surface area contributed by atoms with Gasteiger partial charge in [-0.1, -0.05) is 446 Å². The van der Waals surface area contributed by atoms with Gasteiger partial charge in [0.15, 0.2) is 12.2 Å². The van der Waals surface area contributed by atoms with E-state index in [4.69, 9.17) is 37.0 Å². The van der Waals surface area contributed by atoms with E-state index in [1.54, 1.807) is 0 Å². The largest absolute Gasteiger partial charge is 0.472 e. The molecule has 0 aliphatic heterocycles. The number of hydrogen-bond acceptors (Lipinski definition) is 15. The van der Waals surface area contributed by atoms with Crippen LogP contribution in [0.15, 0.2) is 0 Å². The van der Waals surface area contributed by atoms with Crippen molar-refractivity contribution in [2.75, 3.05) is 39.6 Å². The zero-order valence-corrected chi connectivity index (χ0v) is 75.1. The number of aliphatic hydroxyl groups excluding tert-OH is 1. The maximum absolute atomic E-state index is 13.2. The van der Waals surface area contributed by atoms with E-state index in [1.807, 2.05) is 0 Å². The van der Waals surface area contributed by atoms with Gasteiger partial charge in [-0.15, -0.1) is 0 Å². The Hall–Kier alpha value is -1.94. The van der Waals surface area contributed by atoms with E-state index in [2.05, 4.69) is 41.5 Å². The Morgan fingerprint density at radius 1 is 0.243 bits per heavy atom. The number of carbonyl (C=O) groups is 4. The molecule has 0 rings (SSSR count). The Labute approximate surface area is 683 Å². The number of ether oxygens (including phenoxy) is 4. The van der Waals surface area contributed by atoms with Crippen molar-refractivity contribution in [3.63, 3.8) is 0 Å². The van der Waals surface area contributed by atoms with Gasteiger partial charge >= 0.3 is 39.5 Å². The predicted octanol–water partition coefficient (Wildman–Crippen LogP) is 28.6. The van der Waals surface area contributed by atoms with E-state index >= 15 is 0 Å². The molecule has 111 heavy (non-hydrogen) atoms. The third-order valence-electron chi connectivity index (χ3n) is 21.7. The topological polar surface area (TPSA) is 237 Å². The number of hydrogen-bond donors (Lipinski definition) is 3. The molecule has 5 atom stereocenters. The molecule has 19 heteroatoms. The van der Waals surface area contributed by atoms with Crippen LogP contribution in [0, 0.1) is 11.8 Å². The van der Waals surface area contributed by atoms with Crippen LogP contribution in [0.3, 0.4) is 0 Å². The first-order chi connectivity index (χ1) is 53.9. The average molecular weight is 1620 g/mol. The Morgan fingerprint density at radius 2 is 0.414 bits per heavy atom. The maximum Gasteiger partial charge on any atom is 0.472 e. The van der Waals surface area contributed by atoms with Crippen molar-refractivity contribution in [1.82, 2.24) is 0 Å². The van der Waals surface area contributed by atoms with Gasteiger partial charge in [0.1, 0.15) is 19.3 Å². The highest BCUT2D eigenvalue weighted by atomic mass is 31.2. The Balaban J connectivity index is 5.24. The summed E-state index contributed by atoms with van der Waals surface area (Å²) in [4.78, 5) is 73.5. The van der Waals surface area contributed by atoms with Crippen LogP contribution in [0.1, 0.15) is 497 Å². The molecule has 0 saturated heterocycles. The van der Waals surface area contributed by atoms with Gasteiger partial charge in [0.05, 0.1) is 26.4 Å². The summed E-state index contributed by atoms with van der Waals surface area (Å²) < 4.78 is 69.1. The molecule has 0 aromatic heterocycles. The quantitative estimate of drug-likeness (QED) is 0.0222. The van der Waals surface area contributed by atoms with Gasteiger partial charge in [-0.05, 0) is 37.5 Å². The van der Waals surface area contributed by atoms with Crippen LogP contribution >= 0.6 is 15.6 Å². The molecule has 0 aromatic carbocycles. The van der Waals surface area contributed by atoms with Crippen molar-refractivity contribution in [1.29, 1.82) is 0 Å². The molecule has 0 aliphatic rings. The lowest BCUT2D eigenvalue weighted by molar-refractivity contribution is -0.161. The normalized spacial score (nSPS) is 13.7. The van der Waals surface area contributed by atoms with Crippen molar-refractivity contribution in [2.24, 2.45) is 11.8 Å². The third kappa shape index (κ3) is 85.8. The van der Waals surface area contributed by atoms with E-state index in [0.29, 0.717) is 25.7 Å². The number of aliphatic hydroxyl groups is 1. The van der Waals surface area contributed by atoms with Crippen molar-refractivity contribution in [3.05, 3.63) is 0 Å². The highest BCUT2D eigenvalue weighted by Gasteiger charge is 2.31. The number of phosphoric acid groups is 2. The zero-order chi connectivity index (χ0) is 81.3. The molecule has 0 aromatic rings. The van der Waals surface area contributed by atoms with E-state index in [9.17, 15) is 43.2 Å². The second-order valence-electron chi connectivity index (χ2n) is 34.0. The third-order valence-corrected chi connectivity index (χ3v) is 23.6. The lowest BCUT2D eigenvalue weighted by Crippen LogP contribution is -2.30. The number of rotatable bonds is 91. The van der Waals surface area contributed by atoms with Gasteiger partial charge < -0.3 is 33.8 Å². The van der Waals surface area contributed by atoms with E-state index in [-0.39, 0.29) is 25.7 Å². The molecule has 660 valence electrons. The van der Waals surface area contributed by atoms with Crippen LogP contribution in [0.4, 0.5) is 0 Å². The minimum atomic E-state index is -4.97. The van der Waals surface area contributed by atoms with E-state index < -0.39 is 97.5 Å². The minimum absolute atomic E-state index is 0.109. The lowest BCUT2D eigenvalue weighted by atomic mass is 10.0. The molecule has 0 bridgehead atoms. The minimum Gasteiger partial charge on any atom is -0.462 e. The highest BCUT2D eigenvalue weighted by molar-refractivity contribution is 7.47. The Kier molecular flexibility index (Phi) is 81.7. The molecule has 0 fully saturated rings. The van der Waals surface area contributed by atoms with Gasteiger partial charge in [0, 0.05) is 25.7 Å². The molecule has 0 saturated carbocycles. The van der Waals surface area contributed by atoms with Crippen molar-refractivity contribution in [2.45, 2.75) is 516 Å². The summed E-state index contributed by atoms with van der Waals surface area (Å²) in [6.07, 6.45) is 77.9. The molecule has 3 N–H and O–H groups in total. The highest BCUT2D eigenvalue weighted by Crippen LogP contribution is 2.45. The fraction of sp³-hybridized carbons (Fsp3) is 0.957. The fourth-order valence-electron chi connectivity index (χ4n) is 14.5. The first-order valence-corrected chi connectivity index (χ1v) is 50.5. The van der Waals surface area contributed by atoms with Crippen LogP contribution in [-0.2, 0) is 65.4 Å². The number of carbonyl (C=O) groups excluding carboxylic acids is 4. The van der Waals surface area contributed by atoms with Crippen LogP contribution in [-0.4, -0.2) is 96.7 Å². The fourth-order valence-corrected chi connectivity index (χ4v) is 16.1. The second-order valence-corrected chi connectivity index (χ2v) is 36.9. The monoisotopic (exact) mass is 1620 g/mol. The summed E-state index contributed by atoms with van der Waals surface area (Å²) in [5.74, 6) is -0.539. The van der Waals surface area contributed by atoms with Gasteiger partial charge in [0.2, 0.25) is 0 Å². The Bertz CT molecular complexity index is 2120. The molecule has 0 spiro atoms. The SMILES string of the molecule is CCCCCCCCCCCCCCCCCCCCCCCCC(=O)O[C@H](COC(=O)CCCCCCCCCCCCCCCCCCC(C)C)COP(=O)(O)OC[C@@H](O)COP(=O)(O)OC[C@@H](COC(=O)CCCCCCCCCCCC(C)C)OC(=O)CCCCCCCCCCCCCCCCCCCC. The molecule has 2 unspecified atom stereocenters. The lowest BCUT2D eigenvalue weighted by Gasteiger charge is -2.21. The Morgan fingerprint density at radius 3 is 0.613 bits per heavy atom. The standard InChI is InChI=1S/C92H180O17P2/c1-7-9-11-13-15-17-19-21-23-25-27-28-29-30-32-38-42-46-52-59-65-71-76-91(96)108-87(80-102-89(94)74-68-62-56-50-44-40-36-34-33-35-39-43-48-54-60-66-72-84(3)4)82-106-110(98,99)104-78-86(93)79-105-111(100,101)107-83-88(81-103-90(95)75-69-63-57-53-47-49-55-61-67-73-85(5)6)109-92(97)77-70-64-58-51-45-41-37-31-26-24-22-20-18-16-14-12-10-8-2/h84-88,93H,7-83H2,1-6H3,(H,98,99)(H,100,101)/t86-,87-,88-/m1/s1. The summed E-state index contributed by atoms with van der Waals surface area (Å²) in [6.45, 7) is 9.72. The van der Waals surface area contributed by atoms with Crippen LogP contribution < -0.4 is 0 Å². The van der Waals surface area contributed by atoms with Crippen molar-refractivity contribution < 1.29 is 80.2 Å². The zero-order valence-electron chi connectivity index (χ0n) is 73.3. The molecule has 0 heterocycles. The first kappa shape index (κ1) is 109. The predicted molar refractivity (Wildman–Crippen MR) is 460 cm³/mol.